The van der Waals surface area contributed by atoms with Crippen molar-refractivity contribution in [2.45, 2.75) is 34.0 Å². The maximum absolute atomic E-state index is 5.58. The number of ether oxygens (including phenoxy) is 2. The zero-order chi connectivity index (χ0) is 11.3. The molecule has 0 aromatic heterocycles. The minimum Gasteiger partial charge on any atom is -0.349 e. The van der Waals surface area contributed by atoms with E-state index in [0.29, 0.717) is 13.2 Å². The second-order valence-electron chi connectivity index (χ2n) is 3.60. The molecular formula is C13H20O2. The van der Waals surface area contributed by atoms with Gasteiger partial charge >= 0.3 is 0 Å². The lowest BCUT2D eigenvalue weighted by atomic mass is 10.1. The third-order valence-electron chi connectivity index (χ3n) is 2.32. The minimum atomic E-state index is -0.222. The molecule has 2 heteroatoms. The van der Waals surface area contributed by atoms with E-state index in [4.69, 9.17) is 9.47 Å². The normalized spacial score (nSPS) is 11.0. The van der Waals surface area contributed by atoms with Crippen molar-refractivity contribution in [1.29, 1.82) is 0 Å². The maximum atomic E-state index is 5.58. The molecule has 0 unspecified atom stereocenters. The summed E-state index contributed by atoms with van der Waals surface area (Å²) in [5.74, 6) is 0. The summed E-state index contributed by atoms with van der Waals surface area (Å²) in [6.45, 7) is 9.46. The molecule has 0 saturated carbocycles. The van der Waals surface area contributed by atoms with E-state index in [9.17, 15) is 0 Å². The third-order valence-corrected chi connectivity index (χ3v) is 2.32. The van der Waals surface area contributed by atoms with Gasteiger partial charge in [0.05, 0.1) is 0 Å². The quantitative estimate of drug-likeness (QED) is 0.691. The highest BCUT2D eigenvalue weighted by atomic mass is 16.7. The van der Waals surface area contributed by atoms with Crippen LogP contribution in [0.4, 0.5) is 0 Å². The van der Waals surface area contributed by atoms with Crippen LogP contribution in [-0.2, 0) is 9.47 Å². The molecule has 0 spiro atoms. The van der Waals surface area contributed by atoms with Crippen molar-refractivity contribution in [2.75, 3.05) is 13.2 Å². The molecule has 0 aliphatic rings. The van der Waals surface area contributed by atoms with Crippen LogP contribution in [0.2, 0.25) is 0 Å². The van der Waals surface area contributed by atoms with Crippen LogP contribution in [0.3, 0.4) is 0 Å². The molecule has 0 radical (unpaired) electrons. The summed E-state index contributed by atoms with van der Waals surface area (Å²) in [6, 6.07) is 6.34. The molecule has 0 atom stereocenters. The predicted molar refractivity (Wildman–Crippen MR) is 61.9 cm³/mol. The SMILES string of the molecule is CCOC(OCC)c1cc(C)ccc1C. The molecule has 1 aromatic rings. The molecule has 84 valence electrons. The Balaban J connectivity index is 2.93. The second-order valence-corrected chi connectivity index (χ2v) is 3.60. The van der Waals surface area contributed by atoms with Gasteiger partial charge in [0.15, 0.2) is 6.29 Å². The summed E-state index contributed by atoms with van der Waals surface area (Å²) in [5.41, 5.74) is 3.59. The van der Waals surface area contributed by atoms with E-state index in [0.717, 1.165) is 5.56 Å². The highest BCUT2D eigenvalue weighted by Crippen LogP contribution is 2.23. The molecule has 0 fully saturated rings. The smallest absolute Gasteiger partial charge is 0.184 e. The van der Waals surface area contributed by atoms with Crippen molar-refractivity contribution >= 4 is 0 Å². The summed E-state index contributed by atoms with van der Waals surface area (Å²) >= 11 is 0. The molecule has 0 bridgehead atoms. The average molecular weight is 208 g/mol. The Kier molecular flexibility index (Phi) is 4.79. The molecule has 0 aliphatic carbocycles. The first kappa shape index (κ1) is 12.2. The minimum absolute atomic E-state index is 0.222. The molecule has 1 aromatic carbocycles. The Bertz CT molecular complexity index is 301. The fourth-order valence-electron chi connectivity index (χ4n) is 1.54. The molecule has 0 amide bonds. The lowest BCUT2D eigenvalue weighted by Crippen LogP contribution is -2.10. The van der Waals surface area contributed by atoms with Crippen LogP contribution in [-0.4, -0.2) is 13.2 Å². The number of rotatable bonds is 5. The molecule has 0 heterocycles. The Morgan fingerprint density at radius 1 is 1.07 bits per heavy atom. The van der Waals surface area contributed by atoms with Gasteiger partial charge in [-0.25, -0.2) is 0 Å². The fraction of sp³-hybridized carbons (Fsp3) is 0.538. The zero-order valence-corrected chi connectivity index (χ0v) is 10.0. The van der Waals surface area contributed by atoms with Crippen molar-refractivity contribution in [3.8, 4) is 0 Å². The van der Waals surface area contributed by atoms with Crippen molar-refractivity contribution in [2.24, 2.45) is 0 Å². The van der Waals surface area contributed by atoms with E-state index in [2.05, 4.69) is 32.0 Å². The van der Waals surface area contributed by atoms with E-state index < -0.39 is 0 Å². The van der Waals surface area contributed by atoms with Crippen molar-refractivity contribution in [1.82, 2.24) is 0 Å². The summed E-state index contributed by atoms with van der Waals surface area (Å²) in [5, 5.41) is 0. The van der Waals surface area contributed by atoms with E-state index >= 15 is 0 Å². The highest BCUT2D eigenvalue weighted by Gasteiger charge is 2.13. The van der Waals surface area contributed by atoms with Crippen LogP contribution < -0.4 is 0 Å². The molecule has 0 aliphatic heterocycles. The summed E-state index contributed by atoms with van der Waals surface area (Å²) < 4.78 is 11.2. The topological polar surface area (TPSA) is 18.5 Å². The Labute approximate surface area is 92.2 Å². The van der Waals surface area contributed by atoms with Gasteiger partial charge in [-0.1, -0.05) is 23.8 Å². The highest BCUT2D eigenvalue weighted by molar-refractivity contribution is 5.31. The van der Waals surface area contributed by atoms with Crippen LogP contribution in [0.5, 0.6) is 0 Å². The summed E-state index contributed by atoms with van der Waals surface area (Å²) in [6.07, 6.45) is -0.222. The molecule has 15 heavy (non-hydrogen) atoms. The van der Waals surface area contributed by atoms with Crippen LogP contribution in [0.15, 0.2) is 18.2 Å². The Hall–Kier alpha value is -0.860. The number of hydrogen-bond donors (Lipinski definition) is 0. The first-order valence-corrected chi connectivity index (χ1v) is 5.49. The molecule has 0 saturated heterocycles. The van der Waals surface area contributed by atoms with Crippen LogP contribution >= 0.6 is 0 Å². The Morgan fingerprint density at radius 3 is 2.20 bits per heavy atom. The Morgan fingerprint density at radius 2 is 1.67 bits per heavy atom. The van der Waals surface area contributed by atoms with E-state index in [1.807, 2.05) is 13.8 Å². The lowest BCUT2D eigenvalue weighted by Gasteiger charge is -2.19. The van der Waals surface area contributed by atoms with E-state index in [-0.39, 0.29) is 6.29 Å². The maximum Gasteiger partial charge on any atom is 0.184 e. The first-order valence-electron chi connectivity index (χ1n) is 5.49. The lowest BCUT2D eigenvalue weighted by molar-refractivity contribution is -0.140. The predicted octanol–water partition coefficient (Wildman–Crippen LogP) is 3.38. The van der Waals surface area contributed by atoms with Crippen molar-refractivity contribution < 1.29 is 9.47 Å². The van der Waals surface area contributed by atoms with Gasteiger partial charge < -0.3 is 9.47 Å². The fourth-order valence-corrected chi connectivity index (χ4v) is 1.54. The molecule has 1 rings (SSSR count). The van der Waals surface area contributed by atoms with Crippen molar-refractivity contribution in [3.05, 3.63) is 34.9 Å². The van der Waals surface area contributed by atoms with E-state index in [1.165, 1.54) is 11.1 Å². The molecule has 2 nitrogen and oxygen atoms in total. The van der Waals surface area contributed by atoms with Gasteiger partial charge in [0.2, 0.25) is 0 Å². The van der Waals surface area contributed by atoms with Gasteiger partial charge in [0.25, 0.3) is 0 Å². The molecular weight excluding hydrogens is 188 g/mol. The van der Waals surface area contributed by atoms with Gasteiger partial charge in [0, 0.05) is 18.8 Å². The first-order chi connectivity index (χ1) is 7.19. The summed E-state index contributed by atoms with van der Waals surface area (Å²) in [7, 11) is 0. The number of benzene rings is 1. The summed E-state index contributed by atoms with van der Waals surface area (Å²) in [4.78, 5) is 0. The van der Waals surface area contributed by atoms with Gasteiger partial charge in [-0.15, -0.1) is 0 Å². The zero-order valence-electron chi connectivity index (χ0n) is 10.0. The monoisotopic (exact) mass is 208 g/mol. The van der Waals surface area contributed by atoms with E-state index in [1.54, 1.807) is 0 Å². The number of hydrogen-bond acceptors (Lipinski definition) is 2. The van der Waals surface area contributed by atoms with Gasteiger partial charge in [-0.2, -0.15) is 0 Å². The standard InChI is InChI=1S/C13H20O2/c1-5-14-13(15-6-2)12-9-10(3)7-8-11(12)4/h7-9,13H,5-6H2,1-4H3. The van der Waals surface area contributed by atoms with Crippen LogP contribution in [0, 0.1) is 13.8 Å². The average Bonchev–Trinajstić information content (AvgIpc) is 2.21. The second kappa shape index (κ2) is 5.89. The van der Waals surface area contributed by atoms with Crippen LogP contribution in [0.1, 0.15) is 36.8 Å². The van der Waals surface area contributed by atoms with Crippen molar-refractivity contribution in [3.63, 3.8) is 0 Å². The van der Waals surface area contributed by atoms with Crippen LogP contribution in [0.25, 0.3) is 0 Å². The largest absolute Gasteiger partial charge is 0.349 e. The molecule has 0 N–H and O–H groups in total. The number of aryl methyl sites for hydroxylation is 2. The van der Waals surface area contributed by atoms with Gasteiger partial charge in [-0.3, -0.25) is 0 Å². The van der Waals surface area contributed by atoms with Gasteiger partial charge in [0.1, 0.15) is 0 Å². The third kappa shape index (κ3) is 3.33. The van der Waals surface area contributed by atoms with Gasteiger partial charge in [-0.05, 0) is 33.3 Å².